The summed E-state index contributed by atoms with van der Waals surface area (Å²) in [6.45, 7) is 5.71. The average molecular weight is 288 g/mol. The summed E-state index contributed by atoms with van der Waals surface area (Å²) in [6, 6.07) is 10.5. The summed E-state index contributed by atoms with van der Waals surface area (Å²) < 4.78 is 7.74. The highest BCUT2D eigenvalue weighted by atomic mass is 16.5. The lowest BCUT2D eigenvalue weighted by molar-refractivity contribution is 0.0334. The van der Waals surface area contributed by atoms with Crippen LogP contribution in [0.2, 0.25) is 0 Å². The molecule has 21 heavy (non-hydrogen) atoms. The quantitative estimate of drug-likeness (QED) is 0.808. The molecule has 0 bridgehead atoms. The molecule has 0 amide bonds. The highest BCUT2D eigenvalue weighted by molar-refractivity contribution is 5.20. The zero-order chi connectivity index (χ0) is 15.1. The molecule has 0 aliphatic carbocycles. The van der Waals surface area contributed by atoms with Gasteiger partial charge in [-0.25, -0.2) is 0 Å². The summed E-state index contributed by atoms with van der Waals surface area (Å²) in [5, 5.41) is 11.7. The molecule has 0 aliphatic rings. The number of likely N-dealkylation sites (N-methyl/N-ethyl adjacent to an activating group) is 1. The molecule has 0 saturated heterocycles. The van der Waals surface area contributed by atoms with Gasteiger partial charge in [0, 0.05) is 32.3 Å². The Kier molecular flexibility index (Phi) is 5.90. The molecule has 0 radical (unpaired) electrons. The molecule has 0 fully saturated rings. The Balaban J connectivity index is 2.19. The third-order valence-electron chi connectivity index (χ3n) is 3.39. The molecule has 5 nitrogen and oxygen atoms in total. The number of hydrogen-bond acceptors (Lipinski definition) is 4. The molecule has 114 valence electrons. The fourth-order valence-corrected chi connectivity index (χ4v) is 2.53. The van der Waals surface area contributed by atoms with Gasteiger partial charge in [0.05, 0.1) is 11.8 Å². The van der Waals surface area contributed by atoms with Crippen LogP contribution in [0.4, 0.5) is 0 Å². The second-order valence-corrected chi connectivity index (χ2v) is 5.04. The second-order valence-electron chi connectivity index (χ2n) is 5.04. The predicted molar refractivity (Wildman–Crippen MR) is 83.0 cm³/mol. The van der Waals surface area contributed by atoms with Gasteiger partial charge >= 0.3 is 0 Å². The molecular formula is C16H24N4O. The topological polar surface area (TPSA) is 52.0 Å². The Morgan fingerprint density at radius 1 is 1.24 bits per heavy atom. The smallest absolute Gasteiger partial charge is 0.0981 e. The number of rotatable bonds is 8. The first-order chi connectivity index (χ1) is 10.2. The number of hydrogen-bond donors (Lipinski definition) is 1. The molecule has 1 aromatic carbocycles. The van der Waals surface area contributed by atoms with Crippen molar-refractivity contribution in [2.45, 2.75) is 32.4 Å². The summed E-state index contributed by atoms with van der Waals surface area (Å²) in [5.41, 5.74) is 2.17. The van der Waals surface area contributed by atoms with E-state index in [-0.39, 0.29) is 12.1 Å². The van der Waals surface area contributed by atoms with Gasteiger partial charge in [-0.3, -0.25) is 4.68 Å². The van der Waals surface area contributed by atoms with Crippen LogP contribution in [-0.2, 0) is 18.2 Å². The first-order valence-corrected chi connectivity index (χ1v) is 7.49. The average Bonchev–Trinajstić information content (AvgIpc) is 2.90. The Labute approximate surface area is 126 Å². The van der Waals surface area contributed by atoms with Crippen molar-refractivity contribution in [3.63, 3.8) is 0 Å². The van der Waals surface area contributed by atoms with Crippen LogP contribution >= 0.6 is 0 Å². The molecule has 0 spiro atoms. The zero-order valence-electron chi connectivity index (χ0n) is 13.0. The third-order valence-corrected chi connectivity index (χ3v) is 3.39. The fourth-order valence-electron chi connectivity index (χ4n) is 2.53. The standard InChI is InChI=1S/C16H24N4O/c1-4-17-15(11-14-12-20(3)19-18-14)16(21-5-2)13-9-7-6-8-10-13/h6-10,12,15-17H,4-5,11H2,1-3H3. The zero-order valence-corrected chi connectivity index (χ0v) is 13.0. The number of benzene rings is 1. The van der Waals surface area contributed by atoms with Gasteiger partial charge in [0.25, 0.3) is 0 Å². The van der Waals surface area contributed by atoms with E-state index in [4.69, 9.17) is 4.74 Å². The van der Waals surface area contributed by atoms with Crippen LogP contribution in [-0.4, -0.2) is 34.2 Å². The maximum absolute atomic E-state index is 6.00. The monoisotopic (exact) mass is 288 g/mol. The van der Waals surface area contributed by atoms with Crippen molar-refractivity contribution >= 4 is 0 Å². The van der Waals surface area contributed by atoms with E-state index >= 15 is 0 Å². The van der Waals surface area contributed by atoms with E-state index in [0.717, 1.165) is 18.7 Å². The predicted octanol–water partition coefficient (Wildman–Crippen LogP) is 2.11. The normalized spacial score (nSPS) is 14.0. The summed E-state index contributed by atoms with van der Waals surface area (Å²) in [5.74, 6) is 0. The largest absolute Gasteiger partial charge is 0.372 e. The lowest BCUT2D eigenvalue weighted by Gasteiger charge is -2.27. The molecule has 5 heteroatoms. The minimum Gasteiger partial charge on any atom is -0.372 e. The Hall–Kier alpha value is -1.72. The van der Waals surface area contributed by atoms with Gasteiger partial charge in [-0.05, 0) is 19.0 Å². The van der Waals surface area contributed by atoms with Crippen LogP contribution in [0.1, 0.15) is 31.2 Å². The molecule has 2 rings (SSSR count). The molecule has 2 aromatic rings. The maximum Gasteiger partial charge on any atom is 0.0981 e. The number of nitrogens with one attached hydrogen (secondary N) is 1. The van der Waals surface area contributed by atoms with E-state index in [1.165, 1.54) is 5.56 Å². The van der Waals surface area contributed by atoms with Crippen molar-refractivity contribution in [3.05, 3.63) is 47.8 Å². The van der Waals surface area contributed by atoms with E-state index in [1.54, 1.807) is 4.68 Å². The van der Waals surface area contributed by atoms with Gasteiger partial charge in [-0.15, -0.1) is 5.10 Å². The molecule has 1 aromatic heterocycles. The van der Waals surface area contributed by atoms with Gasteiger partial charge < -0.3 is 10.1 Å². The lowest BCUT2D eigenvalue weighted by atomic mass is 9.98. The van der Waals surface area contributed by atoms with E-state index in [0.29, 0.717) is 6.61 Å². The molecular weight excluding hydrogens is 264 g/mol. The summed E-state index contributed by atoms with van der Waals surface area (Å²) >= 11 is 0. The molecule has 0 saturated carbocycles. The molecule has 0 aliphatic heterocycles. The molecule has 2 atom stereocenters. The van der Waals surface area contributed by atoms with Crippen molar-refractivity contribution < 1.29 is 4.74 Å². The summed E-state index contributed by atoms with van der Waals surface area (Å²) in [6.07, 6.45) is 2.76. The first-order valence-electron chi connectivity index (χ1n) is 7.49. The van der Waals surface area contributed by atoms with Gasteiger partial charge in [0.15, 0.2) is 0 Å². The third kappa shape index (κ3) is 4.37. The highest BCUT2D eigenvalue weighted by Gasteiger charge is 2.24. The fraction of sp³-hybridized carbons (Fsp3) is 0.500. The van der Waals surface area contributed by atoms with Crippen LogP contribution in [0.25, 0.3) is 0 Å². The molecule has 1 N–H and O–H groups in total. The van der Waals surface area contributed by atoms with E-state index in [9.17, 15) is 0 Å². The highest BCUT2D eigenvalue weighted by Crippen LogP contribution is 2.23. The molecule has 1 heterocycles. The maximum atomic E-state index is 6.00. The van der Waals surface area contributed by atoms with Crippen molar-refractivity contribution in [1.82, 2.24) is 20.3 Å². The van der Waals surface area contributed by atoms with Crippen LogP contribution < -0.4 is 5.32 Å². The lowest BCUT2D eigenvalue weighted by Crippen LogP contribution is -2.38. The minimum absolute atomic E-state index is 0.0122. The van der Waals surface area contributed by atoms with E-state index < -0.39 is 0 Å². The Bertz CT molecular complexity index is 526. The van der Waals surface area contributed by atoms with Crippen LogP contribution in [0.15, 0.2) is 36.5 Å². The van der Waals surface area contributed by atoms with Gasteiger partial charge in [-0.2, -0.15) is 0 Å². The van der Waals surface area contributed by atoms with Gasteiger partial charge in [0.1, 0.15) is 0 Å². The number of aromatic nitrogens is 3. The van der Waals surface area contributed by atoms with Crippen molar-refractivity contribution in [1.29, 1.82) is 0 Å². The van der Waals surface area contributed by atoms with Crippen molar-refractivity contribution in [2.75, 3.05) is 13.2 Å². The molecule has 2 unspecified atom stereocenters. The van der Waals surface area contributed by atoms with Crippen molar-refractivity contribution in [2.24, 2.45) is 7.05 Å². The van der Waals surface area contributed by atoms with Crippen LogP contribution in [0.5, 0.6) is 0 Å². The van der Waals surface area contributed by atoms with Gasteiger partial charge in [-0.1, -0.05) is 42.5 Å². The summed E-state index contributed by atoms with van der Waals surface area (Å²) in [7, 11) is 1.88. The number of aryl methyl sites for hydroxylation is 1. The number of nitrogens with zero attached hydrogens (tertiary/aromatic N) is 3. The Morgan fingerprint density at radius 2 is 2.00 bits per heavy atom. The van der Waals surface area contributed by atoms with Gasteiger partial charge in [0.2, 0.25) is 0 Å². The van der Waals surface area contributed by atoms with Crippen LogP contribution in [0, 0.1) is 0 Å². The minimum atomic E-state index is 0.0122. The number of ether oxygens (including phenoxy) is 1. The van der Waals surface area contributed by atoms with Crippen LogP contribution in [0.3, 0.4) is 0 Å². The first kappa shape index (κ1) is 15.7. The van der Waals surface area contributed by atoms with E-state index in [2.05, 4.69) is 34.7 Å². The van der Waals surface area contributed by atoms with E-state index in [1.807, 2.05) is 38.4 Å². The van der Waals surface area contributed by atoms with Crippen molar-refractivity contribution in [3.8, 4) is 0 Å². The Morgan fingerprint density at radius 3 is 2.57 bits per heavy atom. The summed E-state index contributed by atoms with van der Waals surface area (Å²) in [4.78, 5) is 0. The second kappa shape index (κ2) is 7.90. The SMILES string of the molecule is CCNC(Cc1cn(C)nn1)C(OCC)c1ccccc1.